The SMILES string of the molecule is O=C(O)[C@@H]1COCCN1C(=O)CC[C@H]1CCCCO1. The molecule has 2 rings (SSSR count). The minimum Gasteiger partial charge on any atom is -0.480 e. The Kier molecular flexibility index (Phi) is 5.15. The van der Waals surface area contributed by atoms with Crippen LogP contribution in [0.2, 0.25) is 0 Å². The average molecular weight is 271 g/mol. The van der Waals surface area contributed by atoms with Crippen LogP contribution in [0.1, 0.15) is 32.1 Å². The van der Waals surface area contributed by atoms with Crippen molar-refractivity contribution in [2.24, 2.45) is 0 Å². The maximum atomic E-state index is 12.1. The predicted molar refractivity (Wildman–Crippen MR) is 66.8 cm³/mol. The van der Waals surface area contributed by atoms with E-state index in [1.807, 2.05) is 0 Å². The molecule has 0 aliphatic carbocycles. The van der Waals surface area contributed by atoms with Crippen molar-refractivity contribution in [2.75, 3.05) is 26.4 Å². The lowest BCUT2D eigenvalue weighted by Crippen LogP contribution is -2.52. The van der Waals surface area contributed by atoms with Crippen LogP contribution in [0.4, 0.5) is 0 Å². The van der Waals surface area contributed by atoms with Crippen molar-refractivity contribution in [1.29, 1.82) is 0 Å². The summed E-state index contributed by atoms with van der Waals surface area (Å²) in [4.78, 5) is 24.6. The summed E-state index contributed by atoms with van der Waals surface area (Å²) in [6, 6.07) is -0.839. The molecule has 2 aliphatic rings. The van der Waals surface area contributed by atoms with Crippen LogP contribution >= 0.6 is 0 Å². The molecule has 0 radical (unpaired) electrons. The van der Waals surface area contributed by atoms with Crippen molar-refractivity contribution in [3.63, 3.8) is 0 Å². The van der Waals surface area contributed by atoms with Gasteiger partial charge in [0.2, 0.25) is 5.91 Å². The normalized spacial score (nSPS) is 28.1. The second kappa shape index (κ2) is 6.86. The number of morpholine rings is 1. The Bertz CT molecular complexity index is 327. The highest BCUT2D eigenvalue weighted by Crippen LogP contribution is 2.18. The lowest BCUT2D eigenvalue weighted by molar-refractivity contribution is -0.158. The van der Waals surface area contributed by atoms with E-state index in [4.69, 9.17) is 14.6 Å². The smallest absolute Gasteiger partial charge is 0.328 e. The quantitative estimate of drug-likeness (QED) is 0.812. The van der Waals surface area contributed by atoms with Gasteiger partial charge in [-0.2, -0.15) is 0 Å². The van der Waals surface area contributed by atoms with Gasteiger partial charge in [-0.25, -0.2) is 4.79 Å². The molecule has 0 saturated carbocycles. The molecule has 108 valence electrons. The van der Waals surface area contributed by atoms with Gasteiger partial charge in [-0.15, -0.1) is 0 Å². The Morgan fingerprint density at radius 3 is 2.79 bits per heavy atom. The first kappa shape index (κ1) is 14.3. The topological polar surface area (TPSA) is 76.1 Å². The summed E-state index contributed by atoms with van der Waals surface area (Å²) in [5.41, 5.74) is 0. The van der Waals surface area contributed by atoms with Gasteiger partial charge < -0.3 is 19.5 Å². The van der Waals surface area contributed by atoms with E-state index in [0.717, 1.165) is 25.9 Å². The van der Waals surface area contributed by atoms with Crippen LogP contribution in [-0.2, 0) is 19.1 Å². The first-order valence-electron chi connectivity index (χ1n) is 6.90. The van der Waals surface area contributed by atoms with Crippen LogP contribution < -0.4 is 0 Å². The average Bonchev–Trinajstić information content (AvgIpc) is 2.46. The predicted octanol–water partition coefficient (Wildman–Crippen LogP) is 0.648. The molecule has 0 aromatic carbocycles. The Balaban J connectivity index is 1.81. The van der Waals surface area contributed by atoms with Gasteiger partial charge in [0.15, 0.2) is 6.04 Å². The van der Waals surface area contributed by atoms with E-state index in [9.17, 15) is 9.59 Å². The number of carbonyl (C=O) groups is 2. The second-order valence-electron chi connectivity index (χ2n) is 5.04. The van der Waals surface area contributed by atoms with Gasteiger partial charge in [0.25, 0.3) is 0 Å². The number of carboxylic acid groups (broad SMARTS) is 1. The maximum absolute atomic E-state index is 12.1. The van der Waals surface area contributed by atoms with Crippen molar-refractivity contribution in [3.8, 4) is 0 Å². The van der Waals surface area contributed by atoms with Gasteiger partial charge in [-0.1, -0.05) is 0 Å². The minimum absolute atomic E-state index is 0.0843. The number of hydrogen-bond acceptors (Lipinski definition) is 4. The summed E-state index contributed by atoms with van der Waals surface area (Å²) in [7, 11) is 0. The molecule has 0 unspecified atom stereocenters. The van der Waals surface area contributed by atoms with Gasteiger partial charge in [0, 0.05) is 19.6 Å². The lowest BCUT2D eigenvalue weighted by Gasteiger charge is -2.33. The molecule has 0 spiro atoms. The van der Waals surface area contributed by atoms with Crippen molar-refractivity contribution < 1.29 is 24.2 Å². The summed E-state index contributed by atoms with van der Waals surface area (Å²) in [5, 5.41) is 9.08. The standard InChI is InChI=1S/C13H21NO5/c15-12(5-4-10-3-1-2-7-19-10)14-6-8-18-9-11(14)13(16)17/h10-11H,1-9H2,(H,16,17)/t10-,11+/m1/s1. The van der Waals surface area contributed by atoms with Crippen molar-refractivity contribution >= 4 is 11.9 Å². The molecule has 6 nitrogen and oxygen atoms in total. The van der Waals surface area contributed by atoms with Gasteiger partial charge in [0.05, 0.1) is 19.3 Å². The van der Waals surface area contributed by atoms with Gasteiger partial charge in [-0.05, 0) is 25.7 Å². The molecule has 6 heteroatoms. The lowest BCUT2D eigenvalue weighted by atomic mass is 10.0. The van der Waals surface area contributed by atoms with Crippen LogP contribution in [0.15, 0.2) is 0 Å². The number of carbonyl (C=O) groups excluding carboxylic acids is 1. The molecular formula is C13H21NO5. The summed E-state index contributed by atoms with van der Waals surface area (Å²) in [5.74, 6) is -1.10. The Morgan fingerprint density at radius 1 is 1.26 bits per heavy atom. The highest BCUT2D eigenvalue weighted by molar-refractivity contribution is 5.84. The third-order valence-corrected chi connectivity index (χ3v) is 3.69. The Hall–Kier alpha value is -1.14. The van der Waals surface area contributed by atoms with Crippen molar-refractivity contribution in [3.05, 3.63) is 0 Å². The van der Waals surface area contributed by atoms with E-state index in [-0.39, 0.29) is 18.6 Å². The highest BCUT2D eigenvalue weighted by Gasteiger charge is 2.32. The monoisotopic (exact) mass is 271 g/mol. The molecule has 0 aromatic heterocycles. The van der Waals surface area contributed by atoms with Gasteiger partial charge in [-0.3, -0.25) is 4.79 Å². The number of aliphatic carboxylic acids is 1. The fourth-order valence-electron chi connectivity index (χ4n) is 2.57. The molecule has 0 bridgehead atoms. The van der Waals surface area contributed by atoms with Crippen LogP contribution in [0.3, 0.4) is 0 Å². The zero-order valence-corrected chi connectivity index (χ0v) is 11.0. The number of carboxylic acids is 1. The molecule has 2 saturated heterocycles. The fourth-order valence-corrected chi connectivity index (χ4v) is 2.57. The molecule has 0 aromatic rings. The van der Waals surface area contributed by atoms with Gasteiger partial charge in [0.1, 0.15) is 0 Å². The molecular weight excluding hydrogens is 250 g/mol. The van der Waals surface area contributed by atoms with Gasteiger partial charge >= 0.3 is 5.97 Å². The summed E-state index contributed by atoms with van der Waals surface area (Å²) < 4.78 is 10.7. The number of amides is 1. The first-order valence-corrected chi connectivity index (χ1v) is 6.90. The molecule has 1 amide bonds. The third-order valence-electron chi connectivity index (χ3n) is 3.69. The molecule has 1 N–H and O–H groups in total. The molecule has 2 fully saturated rings. The number of hydrogen-bond donors (Lipinski definition) is 1. The maximum Gasteiger partial charge on any atom is 0.328 e. The largest absolute Gasteiger partial charge is 0.480 e. The van der Waals surface area contributed by atoms with E-state index in [1.54, 1.807) is 0 Å². The number of nitrogens with zero attached hydrogens (tertiary/aromatic N) is 1. The summed E-state index contributed by atoms with van der Waals surface area (Å²) in [6.07, 6.45) is 4.43. The van der Waals surface area contributed by atoms with Crippen LogP contribution in [0, 0.1) is 0 Å². The minimum atomic E-state index is -0.998. The van der Waals surface area contributed by atoms with Crippen molar-refractivity contribution in [1.82, 2.24) is 4.90 Å². The number of rotatable bonds is 4. The Morgan fingerprint density at radius 2 is 2.11 bits per heavy atom. The number of ether oxygens (including phenoxy) is 2. The van der Waals surface area contributed by atoms with Crippen molar-refractivity contribution in [2.45, 2.75) is 44.2 Å². The van der Waals surface area contributed by atoms with Crippen LogP contribution in [-0.4, -0.2) is 60.4 Å². The second-order valence-corrected chi connectivity index (χ2v) is 5.04. The highest BCUT2D eigenvalue weighted by atomic mass is 16.5. The van der Waals surface area contributed by atoms with E-state index in [1.165, 1.54) is 4.90 Å². The fraction of sp³-hybridized carbons (Fsp3) is 0.846. The van der Waals surface area contributed by atoms with E-state index in [2.05, 4.69) is 0 Å². The molecule has 2 aliphatic heterocycles. The summed E-state index contributed by atoms with van der Waals surface area (Å²) >= 11 is 0. The first-order chi connectivity index (χ1) is 9.18. The van der Waals surface area contributed by atoms with Crippen LogP contribution in [0.5, 0.6) is 0 Å². The van der Waals surface area contributed by atoms with E-state index >= 15 is 0 Å². The summed E-state index contributed by atoms with van der Waals surface area (Å²) in [6.45, 7) is 1.63. The zero-order chi connectivity index (χ0) is 13.7. The van der Waals surface area contributed by atoms with Crippen LogP contribution in [0.25, 0.3) is 0 Å². The van der Waals surface area contributed by atoms with E-state index < -0.39 is 12.0 Å². The third kappa shape index (κ3) is 3.91. The Labute approximate surface area is 112 Å². The zero-order valence-electron chi connectivity index (χ0n) is 11.0. The molecule has 19 heavy (non-hydrogen) atoms. The van der Waals surface area contributed by atoms with E-state index in [0.29, 0.717) is 26.0 Å². The molecule has 2 atom stereocenters. The molecule has 2 heterocycles.